The number of halogens is 3. The summed E-state index contributed by atoms with van der Waals surface area (Å²) in [5.41, 5.74) is 6.70. The first-order valence-electron chi connectivity index (χ1n) is 7.21. The maximum atomic E-state index is 12.1. The van der Waals surface area contributed by atoms with Gasteiger partial charge in [0.25, 0.3) is 0 Å². The molecule has 0 aliphatic carbocycles. The molecule has 1 aliphatic rings. The number of piperidine rings is 1. The van der Waals surface area contributed by atoms with E-state index in [-0.39, 0.29) is 36.8 Å². The van der Waals surface area contributed by atoms with Crippen molar-refractivity contribution in [1.29, 1.82) is 0 Å². The van der Waals surface area contributed by atoms with Crippen molar-refractivity contribution in [2.45, 2.75) is 25.3 Å². The molecular weight excluding hydrogens is 361 g/mol. The molecule has 1 heterocycles. The first kappa shape index (κ1) is 22.1. The first-order valence-corrected chi connectivity index (χ1v) is 7.58. The molecule has 1 aromatic rings. The molecule has 5 nitrogen and oxygen atoms in total. The van der Waals surface area contributed by atoms with Crippen LogP contribution in [-0.4, -0.2) is 43.6 Å². The third kappa shape index (κ3) is 6.63. The second-order valence-electron chi connectivity index (χ2n) is 5.26. The van der Waals surface area contributed by atoms with E-state index >= 15 is 0 Å². The fraction of sp³-hybridized carbons (Fsp3) is 0.533. The highest BCUT2D eigenvalue weighted by molar-refractivity contribution is 6.30. The molecule has 3 N–H and O–H groups in total. The smallest absolute Gasteiger partial charge is 0.224 e. The lowest BCUT2D eigenvalue weighted by atomic mass is 10.1. The van der Waals surface area contributed by atoms with Crippen LogP contribution in [0.25, 0.3) is 0 Å². The van der Waals surface area contributed by atoms with E-state index in [9.17, 15) is 4.79 Å². The van der Waals surface area contributed by atoms with Crippen molar-refractivity contribution in [3.05, 3.63) is 23.2 Å². The van der Waals surface area contributed by atoms with Gasteiger partial charge in [0.1, 0.15) is 5.75 Å². The summed E-state index contributed by atoms with van der Waals surface area (Å²) in [7, 11) is 1.61. The second-order valence-corrected chi connectivity index (χ2v) is 5.70. The summed E-state index contributed by atoms with van der Waals surface area (Å²) in [4.78, 5) is 14.0. The monoisotopic (exact) mass is 383 g/mol. The molecule has 8 heteroatoms. The maximum absolute atomic E-state index is 12.1. The lowest BCUT2D eigenvalue weighted by molar-refractivity contribution is -0.132. The van der Waals surface area contributed by atoms with Crippen molar-refractivity contribution in [2.75, 3.05) is 32.1 Å². The van der Waals surface area contributed by atoms with Crippen molar-refractivity contribution in [1.82, 2.24) is 4.90 Å². The number of hydrogen-bond donors (Lipinski definition) is 2. The van der Waals surface area contributed by atoms with Gasteiger partial charge in [-0.25, -0.2) is 0 Å². The number of carbonyl (C=O) groups is 1. The van der Waals surface area contributed by atoms with E-state index in [1.807, 2.05) is 4.90 Å². The molecule has 1 unspecified atom stereocenters. The Morgan fingerprint density at radius 2 is 2.22 bits per heavy atom. The van der Waals surface area contributed by atoms with Gasteiger partial charge in [-0.2, -0.15) is 0 Å². The summed E-state index contributed by atoms with van der Waals surface area (Å²) in [6, 6.07) is 5.48. The van der Waals surface area contributed by atoms with Gasteiger partial charge in [0, 0.05) is 37.1 Å². The van der Waals surface area contributed by atoms with Crippen LogP contribution in [0.3, 0.4) is 0 Å². The summed E-state index contributed by atoms with van der Waals surface area (Å²) in [5.74, 6) is 0.852. The standard InChI is InChI=1S/C15H22ClN3O2.2ClH/c1-21-14-5-4-11(16)9-13(14)18-7-6-15(20)19-8-2-3-12(17)10-19;;/h4-5,9,12,18H,2-3,6-8,10,17H2,1H3;2*1H. The van der Waals surface area contributed by atoms with Crippen molar-refractivity contribution >= 4 is 48.0 Å². The third-order valence-corrected chi connectivity index (χ3v) is 3.86. The topological polar surface area (TPSA) is 67.6 Å². The average Bonchev–Trinajstić information content (AvgIpc) is 2.47. The largest absolute Gasteiger partial charge is 0.495 e. The van der Waals surface area contributed by atoms with Crippen LogP contribution >= 0.6 is 36.4 Å². The van der Waals surface area contributed by atoms with Gasteiger partial charge in [0.15, 0.2) is 0 Å². The van der Waals surface area contributed by atoms with E-state index in [0.717, 1.165) is 25.1 Å². The zero-order chi connectivity index (χ0) is 15.2. The number of rotatable bonds is 5. The Hall–Kier alpha value is -0.880. The number of nitrogens with zero attached hydrogens (tertiary/aromatic N) is 1. The minimum atomic E-state index is 0. The van der Waals surface area contributed by atoms with Crippen LogP contribution in [-0.2, 0) is 4.79 Å². The van der Waals surface area contributed by atoms with Crippen molar-refractivity contribution in [2.24, 2.45) is 5.73 Å². The van der Waals surface area contributed by atoms with Crippen molar-refractivity contribution in [3.63, 3.8) is 0 Å². The third-order valence-electron chi connectivity index (χ3n) is 3.63. The fourth-order valence-corrected chi connectivity index (χ4v) is 2.69. The van der Waals surface area contributed by atoms with Gasteiger partial charge in [-0.1, -0.05) is 11.6 Å². The molecular formula is C15H24Cl3N3O2. The Morgan fingerprint density at radius 3 is 2.87 bits per heavy atom. The Balaban J connectivity index is 0.00000242. The number of likely N-dealkylation sites (tertiary alicyclic amines) is 1. The summed E-state index contributed by atoms with van der Waals surface area (Å²) in [6.07, 6.45) is 2.42. The lowest BCUT2D eigenvalue weighted by Crippen LogP contribution is -2.46. The van der Waals surface area contributed by atoms with Gasteiger partial charge in [-0.15, -0.1) is 24.8 Å². The first-order chi connectivity index (χ1) is 10.1. The number of hydrogen-bond acceptors (Lipinski definition) is 4. The molecule has 0 saturated carbocycles. The fourth-order valence-electron chi connectivity index (χ4n) is 2.52. The van der Waals surface area contributed by atoms with Crippen LogP contribution in [0.1, 0.15) is 19.3 Å². The molecule has 1 atom stereocenters. The molecule has 1 aliphatic heterocycles. The van der Waals surface area contributed by atoms with Gasteiger partial charge in [-0.05, 0) is 31.0 Å². The normalized spacial score (nSPS) is 16.8. The van der Waals surface area contributed by atoms with Crippen LogP contribution in [0.5, 0.6) is 5.75 Å². The molecule has 1 aromatic carbocycles. The Morgan fingerprint density at radius 1 is 1.48 bits per heavy atom. The Kier molecular flexibility index (Phi) is 10.4. The van der Waals surface area contributed by atoms with Gasteiger partial charge in [-0.3, -0.25) is 4.79 Å². The molecule has 23 heavy (non-hydrogen) atoms. The van der Waals surface area contributed by atoms with Gasteiger partial charge in [0.05, 0.1) is 12.8 Å². The highest BCUT2D eigenvalue weighted by Gasteiger charge is 2.20. The quantitative estimate of drug-likeness (QED) is 0.819. The van der Waals surface area contributed by atoms with Crippen LogP contribution in [0, 0.1) is 0 Å². The van der Waals surface area contributed by atoms with E-state index in [1.54, 1.807) is 25.3 Å². The summed E-state index contributed by atoms with van der Waals surface area (Å²) in [6.45, 7) is 2.02. The van der Waals surface area contributed by atoms with E-state index in [1.165, 1.54) is 0 Å². The number of nitrogens with one attached hydrogen (secondary N) is 1. The number of nitrogens with two attached hydrogens (primary N) is 1. The molecule has 1 fully saturated rings. The van der Waals surface area contributed by atoms with Crippen molar-refractivity contribution in [3.8, 4) is 5.75 Å². The number of anilines is 1. The lowest BCUT2D eigenvalue weighted by Gasteiger charge is -2.30. The molecule has 1 saturated heterocycles. The van der Waals surface area contributed by atoms with Crippen LogP contribution in [0.2, 0.25) is 5.02 Å². The molecule has 0 bridgehead atoms. The Labute approximate surface area is 154 Å². The number of ether oxygens (including phenoxy) is 1. The summed E-state index contributed by atoms with van der Waals surface area (Å²) in [5, 5.41) is 3.83. The van der Waals surface area contributed by atoms with E-state index < -0.39 is 0 Å². The zero-order valence-electron chi connectivity index (χ0n) is 13.1. The van der Waals surface area contributed by atoms with Crippen LogP contribution in [0.4, 0.5) is 5.69 Å². The number of methoxy groups -OCH3 is 1. The second kappa shape index (κ2) is 10.8. The van der Waals surface area contributed by atoms with E-state index in [0.29, 0.717) is 30.3 Å². The number of benzene rings is 1. The summed E-state index contributed by atoms with van der Waals surface area (Å²) < 4.78 is 5.26. The predicted octanol–water partition coefficient (Wildman–Crippen LogP) is 2.94. The highest BCUT2D eigenvalue weighted by Crippen LogP contribution is 2.27. The molecule has 132 valence electrons. The van der Waals surface area contributed by atoms with Crippen molar-refractivity contribution < 1.29 is 9.53 Å². The number of carbonyl (C=O) groups excluding carboxylic acids is 1. The minimum Gasteiger partial charge on any atom is -0.495 e. The maximum Gasteiger partial charge on any atom is 0.224 e. The zero-order valence-corrected chi connectivity index (χ0v) is 15.5. The highest BCUT2D eigenvalue weighted by atomic mass is 35.5. The molecule has 0 radical (unpaired) electrons. The molecule has 1 amide bonds. The SMILES string of the molecule is COc1ccc(Cl)cc1NCCC(=O)N1CCCC(N)C1.Cl.Cl. The Bertz CT molecular complexity index is 503. The summed E-state index contributed by atoms with van der Waals surface area (Å²) >= 11 is 5.97. The average molecular weight is 385 g/mol. The van der Waals surface area contributed by atoms with E-state index in [2.05, 4.69) is 5.32 Å². The minimum absolute atomic E-state index is 0. The van der Waals surface area contributed by atoms with Crippen LogP contribution < -0.4 is 15.8 Å². The number of amides is 1. The van der Waals surface area contributed by atoms with E-state index in [4.69, 9.17) is 22.1 Å². The van der Waals surface area contributed by atoms with Gasteiger partial charge in [0.2, 0.25) is 5.91 Å². The molecule has 2 rings (SSSR count). The predicted molar refractivity (Wildman–Crippen MR) is 99.4 cm³/mol. The molecule has 0 aromatic heterocycles. The van der Waals surface area contributed by atoms with Gasteiger partial charge < -0.3 is 20.7 Å². The van der Waals surface area contributed by atoms with Gasteiger partial charge >= 0.3 is 0 Å². The van der Waals surface area contributed by atoms with Crippen LogP contribution in [0.15, 0.2) is 18.2 Å². The molecule has 0 spiro atoms.